The standard InChI is InChI=1S/C12H10ClN/c13-12-7-2-1-5-10(12)9-11-6-3-4-8-14-11/h1-8H,9H2. The van der Waals surface area contributed by atoms with Crippen LogP contribution >= 0.6 is 11.6 Å². The Morgan fingerprint density at radius 3 is 2.50 bits per heavy atom. The lowest BCUT2D eigenvalue weighted by atomic mass is 10.1. The van der Waals surface area contributed by atoms with Gasteiger partial charge in [-0.25, -0.2) is 0 Å². The Labute approximate surface area is 88.4 Å². The molecule has 2 rings (SSSR count). The van der Waals surface area contributed by atoms with Gasteiger partial charge in [0.05, 0.1) is 0 Å². The van der Waals surface area contributed by atoms with Crippen molar-refractivity contribution in [3.05, 3.63) is 64.9 Å². The van der Waals surface area contributed by atoms with Crippen LogP contribution in [-0.4, -0.2) is 4.98 Å². The largest absolute Gasteiger partial charge is 0.261 e. The average molecular weight is 204 g/mol. The predicted octanol–water partition coefficient (Wildman–Crippen LogP) is 3.33. The minimum Gasteiger partial charge on any atom is -0.261 e. The van der Waals surface area contributed by atoms with Crippen LogP contribution in [0.15, 0.2) is 48.7 Å². The molecule has 1 heterocycles. The summed E-state index contributed by atoms with van der Waals surface area (Å²) in [6.45, 7) is 0. The molecule has 14 heavy (non-hydrogen) atoms. The molecule has 0 atom stereocenters. The Bertz CT molecular complexity index is 412. The first-order chi connectivity index (χ1) is 6.86. The molecule has 0 saturated carbocycles. The number of halogens is 1. The minimum atomic E-state index is 0.792. The Hall–Kier alpha value is -1.34. The maximum absolute atomic E-state index is 6.05. The van der Waals surface area contributed by atoms with Crippen LogP contribution in [0.5, 0.6) is 0 Å². The van der Waals surface area contributed by atoms with Crippen LogP contribution in [0.2, 0.25) is 5.02 Å². The van der Waals surface area contributed by atoms with Crippen molar-refractivity contribution in [1.82, 2.24) is 4.98 Å². The number of aromatic nitrogens is 1. The summed E-state index contributed by atoms with van der Waals surface area (Å²) in [5.41, 5.74) is 2.16. The maximum Gasteiger partial charge on any atom is 0.0447 e. The van der Waals surface area contributed by atoms with Crippen molar-refractivity contribution in [2.75, 3.05) is 0 Å². The summed E-state index contributed by atoms with van der Waals surface area (Å²) in [6, 6.07) is 13.8. The summed E-state index contributed by atoms with van der Waals surface area (Å²) in [4.78, 5) is 4.26. The SMILES string of the molecule is Clc1ccccc1Cc1ccccn1. The molecule has 1 aromatic carbocycles. The second-order valence-electron chi connectivity index (χ2n) is 3.09. The van der Waals surface area contributed by atoms with Crippen LogP contribution in [-0.2, 0) is 6.42 Å². The quantitative estimate of drug-likeness (QED) is 0.730. The zero-order valence-electron chi connectivity index (χ0n) is 7.65. The van der Waals surface area contributed by atoms with Gasteiger partial charge in [0.2, 0.25) is 0 Å². The van der Waals surface area contributed by atoms with Crippen LogP contribution in [0.4, 0.5) is 0 Å². The van der Waals surface area contributed by atoms with Gasteiger partial charge >= 0.3 is 0 Å². The topological polar surface area (TPSA) is 12.9 Å². The van der Waals surface area contributed by atoms with Crippen molar-refractivity contribution in [2.24, 2.45) is 0 Å². The Morgan fingerprint density at radius 1 is 1.00 bits per heavy atom. The van der Waals surface area contributed by atoms with Crippen molar-refractivity contribution in [3.8, 4) is 0 Å². The van der Waals surface area contributed by atoms with Crippen molar-refractivity contribution in [1.29, 1.82) is 0 Å². The molecule has 70 valence electrons. The third-order valence-corrected chi connectivity index (χ3v) is 2.42. The molecule has 0 N–H and O–H groups in total. The van der Waals surface area contributed by atoms with E-state index in [1.165, 1.54) is 0 Å². The third-order valence-electron chi connectivity index (χ3n) is 2.06. The molecule has 0 unspecified atom stereocenters. The van der Waals surface area contributed by atoms with Crippen molar-refractivity contribution in [3.63, 3.8) is 0 Å². The second kappa shape index (κ2) is 4.25. The highest BCUT2D eigenvalue weighted by atomic mass is 35.5. The van der Waals surface area contributed by atoms with Gasteiger partial charge in [-0.2, -0.15) is 0 Å². The smallest absolute Gasteiger partial charge is 0.0447 e. The van der Waals surface area contributed by atoms with E-state index in [1.807, 2.05) is 42.5 Å². The first-order valence-electron chi connectivity index (χ1n) is 4.49. The van der Waals surface area contributed by atoms with Gasteiger partial charge in [-0.15, -0.1) is 0 Å². The van der Waals surface area contributed by atoms with Gasteiger partial charge < -0.3 is 0 Å². The van der Waals surface area contributed by atoms with E-state index >= 15 is 0 Å². The predicted molar refractivity (Wildman–Crippen MR) is 58.5 cm³/mol. The zero-order valence-corrected chi connectivity index (χ0v) is 8.41. The third kappa shape index (κ3) is 2.12. The molecule has 0 saturated heterocycles. The van der Waals surface area contributed by atoms with E-state index in [-0.39, 0.29) is 0 Å². The summed E-state index contributed by atoms with van der Waals surface area (Å²) < 4.78 is 0. The molecule has 0 bridgehead atoms. The van der Waals surface area contributed by atoms with E-state index in [0.29, 0.717) is 0 Å². The van der Waals surface area contributed by atoms with E-state index in [0.717, 1.165) is 22.7 Å². The lowest BCUT2D eigenvalue weighted by Gasteiger charge is -2.02. The molecule has 0 aliphatic carbocycles. The number of benzene rings is 1. The molecule has 0 spiro atoms. The van der Waals surface area contributed by atoms with Crippen molar-refractivity contribution < 1.29 is 0 Å². The monoisotopic (exact) mass is 203 g/mol. The van der Waals surface area contributed by atoms with Crippen LogP contribution in [0, 0.1) is 0 Å². The molecule has 1 aromatic heterocycles. The molecule has 0 aliphatic heterocycles. The van der Waals surface area contributed by atoms with E-state index in [1.54, 1.807) is 6.20 Å². The fraction of sp³-hybridized carbons (Fsp3) is 0.0833. The average Bonchev–Trinajstić information content (AvgIpc) is 2.23. The summed E-state index contributed by atoms with van der Waals surface area (Å²) in [5, 5.41) is 0.804. The number of rotatable bonds is 2. The zero-order chi connectivity index (χ0) is 9.80. The Kier molecular flexibility index (Phi) is 2.80. The second-order valence-corrected chi connectivity index (χ2v) is 3.50. The molecule has 2 aromatic rings. The Morgan fingerprint density at radius 2 is 1.79 bits per heavy atom. The highest BCUT2D eigenvalue weighted by molar-refractivity contribution is 6.31. The fourth-order valence-corrected chi connectivity index (χ4v) is 1.54. The van der Waals surface area contributed by atoms with Gasteiger partial charge in [0.25, 0.3) is 0 Å². The van der Waals surface area contributed by atoms with Gasteiger partial charge in [-0.1, -0.05) is 35.9 Å². The molecule has 1 nitrogen and oxygen atoms in total. The lowest BCUT2D eigenvalue weighted by Crippen LogP contribution is -1.91. The van der Waals surface area contributed by atoms with E-state index in [2.05, 4.69) is 4.98 Å². The summed E-state index contributed by atoms with van der Waals surface area (Å²) in [6.07, 6.45) is 2.59. The fourth-order valence-electron chi connectivity index (χ4n) is 1.34. The molecule has 0 radical (unpaired) electrons. The molecule has 0 fully saturated rings. The van der Waals surface area contributed by atoms with E-state index < -0.39 is 0 Å². The van der Waals surface area contributed by atoms with Gasteiger partial charge in [-0.05, 0) is 23.8 Å². The highest BCUT2D eigenvalue weighted by Gasteiger charge is 2.00. The maximum atomic E-state index is 6.05. The van der Waals surface area contributed by atoms with Gasteiger partial charge in [-0.3, -0.25) is 4.98 Å². The van der Waals surface area contributed by atoms with Crippen LogP contribution in [0.25, 0.3) is 0 Å². The first kappa shape index (κ1) is 9.22. The highest BCUT2D eigenvalue weighted by Crippen LogP contribution is 2.17. The van der Waals surface area contributed by atoms with Gasteiger partial charge in [0.1, 0.15) is 0 Å². The van der Waals surface area contributed by atoms with Crippen molar-refractivity contribution in [2.45, 2.75) is 6.42 Å². The van der Waals surface area contributed by atoms with Crippen LogP contribution < -0.4 is 0 Å². The molecular formula is C12H10ClN. The summed E-state index contributed by atoms with van der Waals surface area (Å²) >= 11 is 6.05. The summed E-state index contributed by atoms with van der Waals surface area (Å²) in [7, 11) is 0. The van der Waals surface area contributed by atoms with Gasteiger partial charge in [0, 0.05) is 23.3 Å². The first-order valence-corrected chi connectivity index (χ1v) is 4.87. The lowest BCUT2D eigenvalue weighted by molar-refractivity contribution is 1.07. The van der Waals surface area contributed by atoms with Gasteiger partial charge in [0.15, 0.2) is 0 Å². The molecule has 0 aliphatic rings. The van der Waals surface area contributed by atoms with E-state index in [9.17, 15) is 0 Å². The minimum absolute atomic E-state index is 0.792. The normalized spacial score (nSPS) is 10.1. The summed E-state index contributed by atoms with van der Waals surface area (Å²) in [5.74, 6) is 0. The molecule has 2 heteroatoms. The van der Waals surface area contributed by atoms with Crippen LogP contribution in [0.3, 0.4) is 0 Å². The number of pyridine rings is 1. The van der Waals surface area contributed by atoms with Crippen LogP contribution in [0.1, 0.15) is 11.3 Å². The van der Waals surface area contributed by atoms with Crippen molar-refractivity contribution >= 4 is 11.6 Å². The molecule has 0 amide bonds. The number of hydrogen-bond donors (Lipinski definition) is 0. The number of hydrogen-bond acceptors (Lipinski definition) is 1. The number of nitrogens with zero attached hydrogens (tertiary/aromatic N) is 1. The van der Waals surface area contributed by atoms with E-state index in [4.69, 9.17) is 11.6 Å². The Balaban J connectivity index is 2.24. The molecular weight excluding hydrogens is 194 g/mol.